The molecular formula is C27H33N3O2. The van der Waals surface area contributed by atoms with Crippen LogP contribution in [0.3, 0.4) is 0 Å². The molecule has 2 aliphatic heterocycles. The van der Waals surface area contributed by atoms with Crippen LogP contribution in [0.4, 0.5) is 5.69 Å². The molecule has 2 bridgehead atoms. The maximum atomic E-state index is 6.16. The van der Waals surface area contributed by atoms with Gasteiger partial charge in [-0.25, -0.2) is 0 Å². The predicted molar refractivity (Wildman–Crippen MR) is 131 cm³/mol. The molecule has 3 aliphatic rings. The van der Waals surface area contributed by atoms with Crippen LogP contribution in [0.5, 0.6) is 0 Å². The summed E-state index contributed by atoms with van der Waals surface area (Å²) in [5.41, 5.74) is 7.16. The Morgan fingerprint density at radius 2 is 1.91 bits per heavy atom. The van der Waals surface area contributed by atoms with Gasteiger partial charge in [-0.05, 0) is 49.2 Å². The van der Waals surface area contributed by atoms with Gasteiger partial charge in [0.1, 0.15) is 5.76 Å². The van der Waals surface area contributed by atoms with Crippen LogP contribution in [0.15, 0.2) is 65.1 Å². The molecule has 1 aromatic carbocycles. The number of nitrogens with one attached hydrogen (secondary N) is 1. The molecule has 5 heteroatoms. The average Bonchev–Trinajstić information content (AvgIpc) is 2.78. The summed E-state index contributed by atoms with van der Waals surface area (Å²) in [6.07, 6.45) is 6.78. The highest BCUT2D eigenvalue weighted by Gasteiger charge is 2.45. The van der Waals surface area contributed by atoms with E-state index in [9.17, 15) is 0 Å². The fraction of sp³-hybridized carbons (Fsp3) is 0.407. The quantitative estimate of drug-likeness (QED) is 0.296. The molecule has 2 aromatic rings. The highest BCUT2D eigenvalue weighted by molar-refractivity contribution is 5.74. The Kier molecular flexibility index (Phi) is 6.20. The molecule has 1 saturated carbocycles. The maximum absolute atomic E-state index is 6.16. The van der Waals surface area contributed by atoms with Crippen molar-refractivity contribution in [3.8, 4) is 11.3 Å². The second-order valence-electron chi connectivity index (χ2n) is 9.66. The fourth-order valence-electron chi connectivity index (χ4n) is 4.25. The predicted octanol–water partition coefficient (Wildman–Crippen LogP) is 6.45. The molecule has 0 saturated heterocycles. The van der Waals surface area contributed by atoms with Gasteiger partial charge in [-0.2, -0.15) is 0 Å². The first kappa shape index (κ1) is 22.3. The SMILES string of the molecule is C=N/C=C(\OCNc1ccc(-c2ccc(C3=C4CC(CC)(C4)OC3)cc2)nc1)C(C)(C)C. The molecule has 32 heavy (non-hydrogen) atoms. The first-order chi connectivity index (χ1) is 15.3. The van der Waals surface area contributed by atoms with E-state index < -0.39 is 0 Å². The lowest BCUT2D eigenvalue weighted by atomic mass is 9.69. The molecule has 5 nitrogen and oxygen atoms in total. The van der Waals surface area contributed by atoms with Gasteiger partial charge in [-0.15, -0.1) is 0 Å². The van der Waals surface area contributed by atoms with Crippen molar-refractivity contribution in [3.05, 3.63) is 65.7 Å². The second-order valence-corrected chi connectivity index (χ2v) is 9.66. The van der Waals surface area contributed by atoms with Crippen LogP contribution in [0.25, 0.3) is 16.8 Å². The number of rotatable bonds is 8. The summed E-state index contributed by atoms with van der Waals surface area (Å²) >= 11 is 0. The summed E-state index contributed by atoms with van der Waals surface area (Å²) in [6, 6.07) is 12.7. The molecule has 0 radical (unpaired) electrons. The Balaban J connectivity index is 1.36. The van der Waals surface area contributed by atoms with Crippen molar-refractivity contribution >= 4 is 18.0 Å². The zero-order valence-corrected chi connectivity index (χ0v) is 19.6. The average molecular weight is 432 g/mol. The minimum Gasteiger partial charge on any atom is -0.476 e. The van der Waals surface area contributed by atoms with Gasteiger partial charge in [0.25, 0.3) is 0 Å². The molecule has 1 aliphatic carbocycles. The van der Waals surface area contributed by atoms with Crippen LogP contribution < -0.4 is 5.32 Å². The summed E-state index contributed by atoms with van der Waals surface area (Å²) in [5, 5.41) is 3.25. The normalized spacial score (nSPS) is 17.6. The molecule has 3 heterocycles. The lowest BCUT2D eigenvalue weighted by molar-refractivity contribution is -0.0735. The van der Waals surface area contributed by atoms with E-state index in [-0.39, 0.29) is 11.0 Å². The van der Waals surface area contributed by atoms with E-state index >= 15 is 0 Å². The molecule has 1 aromatic heterocycles. The first-order valence-electron chi connectivity index (χ1n) is 11.3. The number of hydrogen-bond acceptors (Lipinski definition) is 5. The van der Waals surface area contributed by atoms with Crippen molar-refractivity contribution in [2.75, 3.05) is 18.7 Å². The summed E-state index contributed by atoms with van der Waals surface area (Å²) in [6.45, 7) is 13.0. The summed E-state index contributed by atoms with van der Waals surface area (Å²) < 4.78 is 12.0. The Hall–Kier alpha value is -2.92. The van der Waals surface area contributed by atoms with Crippen molar-refractivity contribution in [1.82, 2.24) is 4.98 Å². The van der Waals surface area contributed by atoms with E-state index in [1.807, 2.05) is 18.3 Å². The number of benzene rings is 1. The standard InChI is InChI=1S/C27H33N3O2/c1-6-27-13-21(14-27)23(17-32-27)19-7-9-20(10-8-19)24-12-11-22(15-29-24)30-18-31-25(16-28-5)26(2,3)4/h7-12,15-16,30H,5-6,13-14,17-18H2,1-4H3/b25-16-. The Bertz CT molecular complexity index is 1020. The summed E-state index contributed by atoms with van der Waals surface area (Å²) in [5.74, 6) is 0.784. The van der Waals surface area contributed by atoms with Crippen LogP contribution in [0, 0.1) is 5.41 Å². The summed E-state index contributed by atoms with van der Waals surface area (Å²) in [4.78, 5) is 8.45. The van der Waals surface area contributed by atoms with E-state index in [0.717, 1.165) is 48.6 Å². The monoisotopic (exact) mass is 431 g/mol. The largest absolute Gasteiger partial charge is 0.476 e. The Morgan fingerprint density at radius 1 is 1.19 bits per heavy atom. The number of anilines is 1. The van der Waals surface area contributed by atoms with Gasteiger partial charge in [0.2, 0.25) is 0 Å². The number of nitrogens with zero attached hydrogens (tertiary/aromatic N) is 2. The molecule has 0 unspecified atom stereocenters. The van der Waals surface area contributed by atoms with Crippen LogP contribution in [0.2, 0.25) is 0 Å². The Labute approximate surface area is 191 Å². The van der Waals surface area contributed by atoms with Gasteiger partial charge in [-0.1, -0.05) is 57.5 Å². The number of aromatic nitrogens is 1. The summed E-state index contributed by atoms with van der Waals surface area (Å²) in [7, 11) is 0. The van der Waals surface area contributed by atoms with E-state index in [2.05, 4.69) is 74.0 Å². The number of fused-ring (bicyclic) bond motifs is 2. The van der Waals surface area contributed by atoms with Crippen LogP contribution in [-0.2, 0) is 9.47 Å². The van der Waals surface area contributed by atoms with Crippen LogP contribution in [0.1, 0.15) is 52.5 Å². The maximum Gasteiger partial charge on any atom is 0.158 e. The molecule has 168 valence electrons. The minimum atomic E-state index is -0.130. The molecule has 5 rings (SSSR count). The highest BCUT2D eigenvalue weighted by Crippen LogP contribution is 2.50. The zero-order chi connectivity index (χ0) is 22.8. The number of allylic oxidation sites excluding steroid dienone is 1. The smallest absolute Gasteiger partial charge is 0.158 e. The number of ether oxygens (including phenoxy) is 2. The highest BCUT2D eigenvalue weighted by atomic mass is 16.5. The van der Waals surface area contributed by atoms with Crippen molar-refractivity contribution in [1.29, 1.82) is 0 Å². The van der Waals surface area contributed by atoms with E-state index in [4.69, 9.17) is 9.47 Å². The molecule has 1 N–H and O–H groups in total. The molecule has 0 atom stereocenters. The van der Waals surface area contributed by atoms with Crippen molar-refractivity contribution < 1.29 is 9.47 Å². The topological polar surface area (TPSA) is 55.7 Å². The van der Waals surface area contributed by atoms with Crippen molar-refractivity contribution in [3.63, 3.8) is 0 Å². The van der Waals surface area contributed by atoms with Gasteiger partial charge >= 0.3 is 0 Å². The van der Waals surface area contributed by atoms with Crippen molar-refractivity contribution in [2.45, 2.75) is 52.6 Å². The molecule has 0 amide bonds. The lowest BCUT2D eigenvalue weighted by Crippen LogP contribution is -2.45. The third-order valence-corrected chi connectivity index (χ3v) is 6.41. The van der Waals surface area contributed by atoms with E-state index in [1.165, 1.54) is 11.1 Å². The van der Waals surface area contributed by atoms with Gasteiger partial charge in [-0.3, -0.25) is 9.98 Å². The lowest BCUT2D eigenvalue weighted by Gasteiger charge is -2.49. The van der Waals surface area contributed by atoms with E-state index in [1.54, 1.807) is 11.8 Å². The van der Waals surface area contributed by atoms with Gasteiger partial charge < -0.3 is 14.8 Å². The van der Waals surface area contributed by atoms with E-state index in [0.29, 0.717) is 6.73 Å². The number of hydrogen-bond donors (Lipinski definition) is 1. The first-order valence-corrected chi connectivity index (χ1v) is 11.3. The third-order valence-electron chi connectivity index (χ3n) is 6.41. The molecule has 1 fully saturated rings. The minimum absolute atomic E-state index is 0.130. The van der Waals surface area contributed by atoms with Crippen LogP contribution >= 0.6 is 0 Å². The molecular weight excluding hydrogens is 398 g/mol. The van der Waals surface area contributed by atoms with Gasteiger partial charge in [0, 0.05) is 11.0 Å². The second kappa shape index (κ2) is 8.91. The fourth-order valence-corrected chi connectivity index (χ4v) is 4.25. The molecule has 0 spiro atoms. The van der Waals surface area contributed by atoms with Crippen LogP contribution in [-0.4, -0.2) is 30.6 Å². The van der Waals surface area contributed by atoms with Gasteiger partial charge in [0.15, 0.2) is 6.73 Å². The zero-order valence-electron chi connectivity index (χ0n) is 19.6. The number of pyridine rings is 1. The third kappa shape index (κ3) is 4.63. The Morgan fingerprint density at radius 3 is 2.44 bits per heavy atom. The van der Waals surface area contributed by atoms with Gasteiger partial charge in [0.05, 0.1) is 36.0 Å². The number of aliphatic imine (C=N–C) groups is 1. The van der Waals surface area contributed by atoms with Crippen molar-refractivity contribution in [2.24, 2.45) is 10.4 Å².